The monoisotopic (exact) mass is 233 g/mol. The maximum absolute atomic E-state index is 6.06. The molecule has 4 heteroatoms. The number of nitrogens with zero attached hydrogens (tertiary/aromatic N) is 2. The molecule has 0 aromatic carbocycles. The van der Waals surface area contributed by atoms with Gasteiger partial charge in [0, 0.05) is 11.7 Å². The zero-order chi connectivity index (χ0) is 12.1. The number of hydrogen-bond donors (Lipinski definition) is 1. The highest BCUT2D eigenvalue weighted by atomic mass is 16.6. The van der Waals surface area contributed by atoms with E-state index >= 15 is 0 Å². The third-order valence-electron chi connectivity index (χ3n) is 3.16. The van der Waals surface area contributed by atoms with Crippen molar-refractivity contribution >= 4 is 6.21 Å². The van der Waals surface area contributed by atoms with Crippen molar-refractivity contribution in [3.63, 3.8) is 0 Å². The van der Waals surface area contributed by atoms with E-state index in [1.807, 2.05) is 18.2 Å². The molecule has 92 valence electrons. The van der Waals surface area contributed by atoms with E-state index in [4.69, 9.17) is 10.6 Å². The molecule has 0 unspecified atom stereocenters. The fourth-order valence-corrected chi connectivity index (χ4v) is 1.98. The lowest BCUT2D eigenvalue weighted by molar-refractivity contribution is 0.0202. The SMILES string of the molecule is CC1(N)CCC(ON=Cc2ccccn2)CC1. The molecule has 0 saturated heterocycles. The van der Waals surface area contributed by atoms with Crippen LogP contribution in [0.1, 0.15) is 38.3 Å². The normalized spacial score (nSPS) is 29.4. The van der Waals surface area contributed by atoms with Gasteiger partial charge in [-0.1, -0.05) is 11.2 Å². The van der Waals surface area contributed by atoms with Gasteiger partial charge in [0.25, 0.3) is 0 Å². The van der Waals surface area contributed by atoms with E-state index in [9.17, 15) is 0 Å². The Morgan fingerprint density at radius 3 is 2.88 bits per heavy atom. The van der Waals surface area contributed by atoms with Gasteiger partial charge in [-0.05, 0) is 44.7 Å². The first-order valence-corrected chi connectivity index (χ1v) is 6.05. The van der Waals surface area contributed by atoms with E-state index < -0.39 is 0 Å². The Kier molecular flexibility index (Phi) is 3.74. The zero-order valence-electron chi connectivity index (χ0n) is 10.2. The van der Waals surface area contributed by atoms with Crippen LogP contribution in [-0.4, -0.2) is 22.8 Å². The van der Waals surface area contributed by atoms with Gasteiger partial charge in [-0.3, -0.25) is 4.98 Å². The summed E-state index contributed by atoms with van der Waals surface area (Å²) in [4.78, 5) is 9.59. The first-order valence-electron chi connectivity index (χ1n) is 6.05. The van der Waals surface area contributed by atoms with E-state index in [2.05, 4.69) is 17.1 Å². The molecule has 0 aliphatic heterocycles. The maximum atomic E-state index is 6.06. The standard InChI is InChI=1S/C13H19N3O/c1-13(14)7-5-12(6-8-13)17-16-10-11-4-2-3-9-15-11/h2-4,9-10,12H,5-8,14H2,1H3. The summed E-state index contributed by atoms with van der Waals surface area (Å²) in [6.07, 6.45) is 7.54. The number of aromatic nitrogens is 1. The molecule has 1 saturated carbocycles. The molecule has 17 heavy (non-hydrogen) atoms. The number of pyridine rings is 1. The van der Waals surface area contributed by atoms with Crippen LogP contribution >= 0.6 is 0 Å². The van der Waals surface area contributed by atoms with Crippen LogP contribution in [0.25, 0.3) is 0 Å². The summed E-state index contributed by atoms with van der Waals surface area (Å²) >= 11 is 0. The summed E-state index contributed by atoms with van der Waals surface area (Å²) in [5.74, 6) is 0. The smallest absolute Gasteiger partial charge is 0.127 e. The molecule has 0 amide bonds. The molecule has 4 nitrogen and oxygen atoms in total. The quantitative estimate of drug-likeness (QED) is 0.642. The van der Waals surface area contributed by atoms with Crippen LogP contribution in [0.4, 0.5) is 0 Å². The summed E-state index contributed by atoms with van der Waals surface area (Å²) < 4.78 is 0. The molecule has 1 aliphatic rings. The van der Waals surface area contributed by atoms with E-state index in [0.29, 0.717) is 0 Å². The predicted octanol–water partition coefficient (Wildman–Crippen LogP) is 2.09. The number of oxime groups is 1. The third kappa shape index (κ3) is 3.82. The average molecular weight is 233 g/mol. The number of nitrogens with two attached hydrogens (primary N) is 1. The van der Waals surface area contributed by atoms with E-state index in [-0.39, 0.29) is 11.6 Å². The van der Waals surface area contributed by atoms with Gasteiger partial charge < -0.3 is 10.6 Å². The van der Waals surface area contributed by atoms with Gasteiger partial charge in [-0.2, -0.15) is 0 Å². The Balaban J connectivity index is 1.78. The summed E-state index contributed by atoms with van der Waals surface area (Å²) in [7, 11) is 0. The van der Waals surface area contributed by atoms with Gasteiger partial charge >= 0.3 is 0 Å². The molecule has 0 atom stereocenters. The number of rotatable bonds is 3. The molecule has 1 fully saturated rings. The van der Waals surface area contributed by atoms with Gasteiger partial charge in [0.1, 0.15) is 6.10 Å². The van der Waals surface area contributed by atoms with Crippen LogP contribution in [0.15, 0.2) is 29.6 Å². The molecule has 1 aliphatic carbocycles. The van der Waals surface area contributed by atoms with Crippen molar-refractivity contribution in [3.05, 3.63) is 30.1 Å². The second-order valence-electron chi connectivity index (χ2n) is 4.95. The Morgan fingerprint density at radius 2 is 2.24 bits per heavy atom. The molecule has 1 aromatic rings. The summed E-state index contributed by atoms with van der Waals surface area (Å²) in [5.41, 5.74) is 6.84. The van der Waals surface area contributed by atoms with Crippen molar-refractivity contribution in [2.75, 3.05) is 0 Å². The van der Waals surface area contributed by atoms with Crippen LogP contribution in [0.3, 0.4) is 0 Å². The van der Waals surface area contributed by atoms with Crippen molar-refractivity contribution in [1.82, 2.24) is 4.98 Å². The highest BCUT2D eigenvalue weighted by molar-refractivity contribution is 5.76. The molecule has 0 bridgehead atoms. The minimum atomic E-state index is -0.0233. The van der Waals surface area contributed by atoms with Crippen LogP contribution in [0, 0.1) is 0 Å². The van der Waals surface area contributed by atoms with Crippen LogP contribution in [0.5, 0.6) is 0 Å². The van der Waals surface area contributed by atoms with Crippen LogP contribution < -0.4 is 5.73 Å². The second-order valence-corrected chi connectivity index (χ2v) is 4.95. The largest absolute Gasteiger partial charge is 0.392 e. The molecular formula is C13H19N3O. The lowest BCUT2D eigenvalue weighted by Gasteiger charge is -2.32. The second kappa shape index (κ2) is 5.27. The minimum Gasteiger partial charge on any atom is -0.392 e. The van der Waals surface area contributed by atoms with Gasteiger partial charge in [-0.15, -0.1) is 0 Å². The summed E-state index contributed by atoms with van der Waals surface area (Å²) in [6.45, 7) is 2.10. The molecule has 0 radical (unpaired) electrons. The highest BCUT2D eigenvalue weighted by Gasteiger charge is 2.28. The van der Waals surface area contributed by atoms with Gasteiger partial charge in [0.2, 0.25) is 0 Å². The molecule has 1 aromatic heterocycles. The Hall–Kier alpha value is -1.42. The van der Waals surface area contributed by atoms with E-state index in [0.717, 1.165) is 31.4 Å². The lowest BCUT2D eigenvalue weighted by Crippen LogP contribution is -2.41. The molecule has 1 heterocycles. The van der Waals surface area contributed by atoms with Gasteiger partial charge in [0.15, 0.2) is 0 Å². The fraction of sp³-hybridized carbons (Fsp3) is 0.538. The summed E-state index contributed by atoms with van der Waals surface area (Å²) in [6, 6.07) is 5.70. The lowest BCUT2D eigenvalue weighted by atomic mass is 9.83. The van der Waals surface area contributed by atoms with Crippen molar-refractivity contribution in [3.8, 4) is 0 Å². The van der Waals surface area contributed by atoms with Crippen molar-refractivity contribution in [2.45, 2.75) is 44.2 Å². The average Bonchev–Trinajstić information content (AvgIpc) is 2.33. The minimum absolute atomic E-state index is 0.0233. The zero-order valence-corrected chi connectivity index (χ0v) is 10.2. The first kappa shape index (κ1) is 12.0. The molecule has 0 spiro atoms. The van der Waals surface area contributed by atoms with Crippen LogP contribution in [-0.2, 0) is 4.84 Å². The van der Waals surface area contributed by atoms with Crippen molar-refractivity contribution < 1.29 is 4.84 Å². The van der Waals surface area contributed by atoms with E-state index in [1.165, 1.54) is 0 Å². The fourth-order valence-electron chi connectivity index (χ4n) is 1.98. The molecule has 2 N–H and O–H groups in total. The van der Waals surface area contributed by atoms with Gasteiger partial charge in [0.05, 0.1) is 11.9 Å². The van der Waals surface area contributed by atoms with E-state index in [1.54, 1.807) is 12.4 Å². The first-order chi connectivity index (χ1) is 8.16. The Morgan fingerprint density at radius 1 is 1.47 bits per heavy atom. The Bertz CT molecular complexity index is 366. The van der Waals surface area contributed by atoms with Crippen molar-refractivity contribution in [1.29, 1.82) is 0 Å². The summed E-state index contributed by atoms with van der Waals surface area (Å²) in [5, 5.41) is 3.98. The third-order valence-corrected chi connectivity index (χ3v) is 3.16. The van der Waals surface area contributed by atoms with Crippen molar-refractivity contribution in [2.24, 2.45) is 10.9 Å². The molecule has 2 rings (SSSR count). The van der Waals surface area contributed by atoms with Gasteiger partial charge in [-0.25, -0.2) is 0 Å². The number of hydrogen-bond acceptors (Lipinski definition) is 4. The topological polar surface area (TPSA) is 60.5 Å². The predicted molar refractivity (Wildman–Crippen MR) is 67.8 cm³/mol. The Labute approximate surface area is 102 Å². The highest BCUT2D eigenvalue weighted by Crippen LogP contribution is 2.27. The maximum Gasteiger partial charge on any atom is 0.127 e. The molecular weight excluding hydrogens is 214 g/mol. The van der Waals surface area contributed by atoms with Crippen LogP contribution in [0.2, 0.25) is 0 Å².